The minimum atomic E-state index is -1.12. The molecule has 2 N–H and O–H groups in total. The number of nitrogens with zero attached hydrogens (tertiary/aromatic N) is 3. The molecule has 6 nitrogen and oxygen atoms in total. The van der Waals surface area contributed by atoms with E-state index in [1.54, 1.807) is 42.9 Å². The monoisotopic (exact) mass is 270 g/mol. The summed E-state index contributed by atoms with van der Waals surface area (Å²) in [6, 6.07) is 8.20. The Labute approximate surface area is 116 Å². The Morgan fingerprint density at radius 1 is 0.900 bits per heavy atom. The van der Waals surface area contributed by atoms with Crippen molar-refractivity contribution < 1.29 is 9.90 Å². The molecule has 1 aromatic heterocycles. The highest BCUT2D eigenvalue weighted by atomic mass is 16.4. The Kier molecular flexibility index (Phi) is 7.49. The summed E-state index contributed by atoms with van der Waals surface area (Å²) in [4.78, 5) is 25.4. The zero-order valence-corrected chi connectivity index (χ0v) is 10.6. The summed E-state index contributed by atoms with van der Waals surface area (Å²) < 4.78 is 0. The van der Waals surface area contributed by atoms with Crippen LogP contribution in [0.1, 0.15) is 10.5 Å². The molecule has 0 unspecified atom stereocenters. The van der Waals surface area contributed by atoms with E-state index in [-0.39, 0.29) is 5.69 Å². The van der Waals surface area contributed by atoms with Gasteiger partial charge in [-0.1, -0.05) is 12.1 Å². The summed E-state index contributed by atoms with van der Waals surface area (Å²) in [5.41, 5.74) is -0.106. The standard InChI is InChI=1S/C14H14N4O2/c19-14(20)13-5-8-16-10-12-17-11-9-15-6-3-1-2-4-7-18-13/h1-12,15H,(H,19,20). The molecule has 0 fully saturated rings. The van der Waals surface area contributed by atoms with E-state index in [0.717, 1.165) is 0 Å². The van der Waals surface area contributed by atoms with Crippen molar-refractivity contribution in [2.24, 2.45) is 0 Å². The fraction of sp³-hybridized carbons (Fsp3) is 0. The van der Waals surface area contributed by atoms with E-state index >= 15 is 0 Å². The van der Waals surface area contributed by atoms with Crippen LogP contribution in [0.4, 0.5) is 0 Å². The van der Waals surface area contributed by atoms with Crippen molar-refractivity contribution in [2.75, 3.05) is 0 Å². The lowest BCUT2D eigenvalue weighted by Gasteiger charge is -1.84. The normalized spacial score (nSPS) is 8.40. The SMILES string of the molecule is O=C(O)c1ccnccncc[nH]ccccccn1. The maximum atomic E-state index is 10.9. The first-order chi connectivity index (χ1) is 9.80. The van der Waals surface area contributed by atoms with Crippen LogP contribution < -0.4 is 0 Å². The molecular formula is C14H14N4O2. The Hall–Kier alpha value is -3.02. The Balaban J connectivity index is 3.25. The molecule has 0 aliphatic carbocycles. The average Bonchev–Trinajstić information content (AvgIpc) is 2.43. The molecule has 0 radical (unpaired) electrons. The molecule has 0 aliphatic rings. The van der Waals surface area contributed by atoms with Gasteiger partial charge in [-0.15, -0.1) is 0 Å². The van der Waals surface area contributed by atoms with Crippen LogP contribution in [0, 0.1) is 0 Å². The first-order valence-electron chi connectivity index (χ1n) is 5.73. The van der Waals surface area contributed by atoms with Gasteiger partial charge >= 0.3 is 5.97 Å². The molecule has 102 valence electrons. The zero-order chi connectivity index (χ0) is 14.5. The Morgan fingerprint density at radius 2 is 1.65 bits per heavy atom. The maximum absolute atomic E-state index is 10.9. The maximum Gasteiger partial charge on any atom is 0.354 e. The van der Waals surface area contributed by atoms with E-state index < -0.39 is 5.97 Å². The summed E-state index contributed by atoms with van der Waals surface area (Å²) >= 11 is 0. The highest BCUT2D eigenvalue weighted by Gasteiger charge is 1.98. The van der Waals surface area contributed by atoms with Gasteiger partial charge in [-0.2, -0.15) is 0 Å². The summed E-state index contributed by atoms with van der Waals surface area (Å²) in [7, 11) is 0. The van der Waals surface area contributed by atoms with Gasteiger partial charge in [0.15, 0.2) is 0 Å². The third kappa shape index (κ3) is 7.33. The molecule has 0 bridgehead atoms. The Bertz CT molecular complexity index is 553. The number of carboxylic acid groups (broad SMARTS) is 1. The fourth-order valence-electron chi connectivity index (χ4n) is 1.01. The van der Waals surface area contributed by atoms with Crippen LogP contribution in [0.2, 0.25) is 0 Å². The largest absolute Gasteiger partial charge is 0.477 e. The highest BCUT2D eigenvalue weighted by Crippen LogP contribution is 1.86. The van der Waals surface area contributed by atoms with Crippen LogP contribution >= 0.6 is 0 Å². The number of carboxylic acids is 1. The third-order valence-electron chi connectivity index (χ3n) is 1.86. The van der Waals surface area contributed by atoms with Crippen molar-refractivity contribution in [1.29, 1.82) is 0 Å². The van der Waals surface area contributed by atoms with Crippen molar-refractivity contribution in [3.05, 3.63) is 79.4 Å². The summed E-state index contributed by atoms with van der Waals surface area (Å²) in [6.45, 7) is 0. The smallest absolute Gasteiger partial charge is 0.354 e. The van der Waals surface area contributed by atoms with Gasteiger partial charge in [0, 0.05) is 43.4 Å². The highest BCUT2D eigenvalue weighted by molar-refractivity contribution is 5.84. The molecule has 1 aromatic rings. The van der Waals surface area contributed by atoms with E-state index in [2.05, 4.69) is 19.9 Å². The van der Waals surface area contributed by atoms with E-state index in [0.29, 0.717) is 0 Å². The van der Waals surface area contributed by atoms with Crippen molar-refractivity contribution >= 4 is 5.97 Å². The third-order valence-corrected chi connectivity index (χ3v) is 1.86. The molecule has 0 aromatic carbocycles. The molecule has 1 heterocycles. The van der Waals surface area contributed by atoms with Gasteiger partial charge < -0.3 is 10.1 Å². The van der Waals surface area contributed by atoms with Crippen molar-refractivity contribution in [3.63, 3.8) is 0 Å². The fourth-order valence-corrected chi connectivity index (χ4v) is 1.01. The van der Waals surface area contributed by atoms with Crippen LogP contribution in [0.5, 0.6) is 0 Å². The number of nitrogens with one attached hydrogen (secondary N) is 1. The minimum absolute atomic E-state index is 0.106. The molecular weight excluding hydrogens is 256 g/mol. The molecule has 0 atom stereocenters. The predicted molar refractivity (Wildman–Crippen MR) is 74.0 cm³/mol. The van der Waals surface area contributed by atoms with Crippen molar-refractivity contribution in [1.82, 2.24) is 19.9 Å². The first-order valence-corrected chi connectivity index (χ1v) is 5.73. The molecule has 0 saturated carbocycles. The topological polar surface area (TPSA) is 91.8 Å². The van der Waals surface area contributed by atoms with Crippen LogP contribution in [0.3, 0.4) is 0 Å². The predicted octanol–water partition coefficient (Wildman–Crippen LogP) is 2.27. The average molecular weight is 270 g/mol. The van der Waals surface area contributed by atoms with Gasteiger partial charge in [0.25, 0.3) is 0 Å². The minimum Gasteiger partial charge on any atom is -0.477 e. The number of hydrogen-bond acceptors (Lipinski definition) is 4. The van der Waals surface area contributed by atoms with Crippen LogP contribution in [0.25, 0.3) is 0 Å². The number of hydrogen-bond donors (Lipinski definition) is 2. The lowest BCUT2D eigenvalue weighted by molar-refractivity contribution is 0.0690. The number of carbonyl (C=O) groups is 1. The van der Waals surface area contributed by atoms with Gasteiger partial charge in [-0.25, -0.2) is 9.78 Å². The molecule has 0 saturated heterocycles. The van der Waals surface area contributed by atoms with E-state index in [9.17, 15) is 4.79 Å². The van der Waals surface area contributed by atoms with Gasteiger partial charge in [-0.05, 0) is 18.2 Å². The second-order valence-corrected chi connectivity index (χ2v) is 3.30. The first kappa shape index (κ1) is 15.0. The second-order valence-electron chi connectivity index (χ2n) is 3.30. The van der Waals surface area contributed by atoms with E-state index in [4.69, 9.17) is 5.11 Å². The molecule has 0 spiro atoms. The lowest BCUT2D eigenvalue weighted by atomic mass is 10.4. The summed E-state index contributed by atoms with van der Waals surface area (Å²) in [5.74, 6) is -1.12. The van der Waals surface area contributed by atoms with E-state index in [1.807, 2.05) is 0 Å². The molecule has 20 heavy (non-hydrogen) atoms. The van der Waals surface area contributed by atoms with Crippen molar-refractivity contribution in [2.45, 2.75) is 0 Å². The van der Waals surface area contributed by atoms with Gasteiger partial charge in [0.2, 0.25) is 0 Å². The second kappa shape index (κ2) is 9.95. The number of aromatic amines is 1. The van der Waals surface area contributed by atoms with Crippen LogP contribution in [-0.4, -0.2) is 31.0 Å². The van der Waals surface area contributed by atoms with Gasteiger partial charge in [0.05, 0.1) is 0 Å². The summed E-state index contributed by atoms with van der Waals surface area (Å²) in [6.07, 6.45) is 10.6. The lowest BCUT2D eigenvalue weighted by Crippen LogP contribution is -1.96. The number of aromatic carboxylic acids is 1. The number of H-pyrrole nitrogens is 1. The molecule has 1 rings (SSSR count). The molecule has 0 amide bonds. The Morgan fingerprint density at radius 3 is 2.45 bits per heavy atom. The van der Waals surface area contributed by atoms with Gasteiger partial charge in [0.1, 0.15) is 5.69 Å². The van der Waals surface area contributed by atoms with Crippen molar-refractivity contribution in [3.8, 4) is 0 Å². The van der Waals surface area contributed by atoms with Gasteiger partial charge in [-0.3, -0.25) is 9.97 Å². The zero-order valence-electron chi connectivity index (χ0n) is 10.6. The van der Waals surface area contributed by atoms with Crippen LogP contribution in [0.15, 0.2) is 73.7 Å². The quantitative estimate of drug-likeness (QED) is 0.816. The number of rotatable bonds is 1. The summed E-state index contributed by atoms with van der Waals surface area (Å²) in [5, 5.41) is 8.92. The molecule has 0 aliphatic heterocycles. The van der Waals surface area contributed by atoms with E-state index in [1.165, 1.54) is 30.9 Å². The molecule has 6 heteroatoms. The van der Waals surface area contributed by atoms with Crippen LogP contribution in [-0.2, 0) is 0 Å². The number of aromatic nitrogens is 4.